The predicted molar refractivity (Wildman–Crippen MR) is 241 cm³/mol. The molecule has 0 rings (SSSR count). The molecule has 0 spiro atoms. The first-order valence-corrected chi connectivity index (χ1v) is 24.6. The molecule has 0 aliphatic carbocycles. The topological polar surface area (TPSA) is 95.9 Å². The molecule has 0 saturated heterocycles. The van der Waals surface area contributed by atoms with Crippen LogP contribution in [-0.2, 0) is 14.3 Å². The Kier molecular flexibility index (Phi) is 43.1. The van der Waals surface area contributed by atoms with Gasteiger partial charge >= 0.3 is 5.97 Å². The van der Waals surface area contributed by atoms with Gasteiger partial charge in [0, 0.05) is 6.42 Å². The number of esters is 1. The van der Waals surface area contributed by atoms with Gasteiger partial charge in [-0.15, -0.1) is 0 Å². The quantitative estimate of drug-likeness (QED) is 0.0324. The minimum absolute atomic E-state index is 0.0681. The molecule has 1 amide bonds. The number of hydrogen-bond donors (Lipinski definition) is 3. The number of aliphatic hydroxyl groups excluding tert-OH is 2. The lowest BCUT2D eigenvalue weighted by atomic mass is 10.0. The highest BCUT2D eigenvalue weighted by atomic mass is 16.5. The second-order valence-electron chi connectivity index (χ2n) is 16.9. The van der Waals surface area contributed by atoms with Crippen LogP contribution in [0.4, 0.5) is 0 Å². The van der Waals surface area contributed by atoms with E-state index in [1.807, 2.05) is 0 Å². The smallest absolute Gasteiger partial charge is 0.306 e. The summed E-state index contributed by atoms with van der Waals surface area (Å²) < 4.78 is 5.90. The van der Waals surface area contributed by atoms with E-state index in [2.05, 4.69) is 50.4 Å². The molecule has 0 fully saturated rings. The van der Waals surface area contributed by atoms with Crippen molar-refractivity contribution in [1.29, 1.82) is 0 Å². The SMILES string of the molecule is CCCC/C=C\CCCCCC(CC(=O)NC(CO)C(O)CCCCCCCCCCCCCCC)OC(=O)CCCCCCCCC/C=C\CCCCCC. The minimum atomic E-state index is -0.787. The molecule has 0 aromatic rings. The maximum atomic E-state index is 13.1. The van der Waals surface area contributed by atoms with E-state index in [0.29, 0.717) is 19.3 Å². The fraction of sp³-hybridized carbons (Fsp3) is 0.880. The maximum Gasteiger partial charge on any atom is 0.306 e. The monoisotopic (exact) mass is 790 g/mol. The Morgan fingerprint density at radius 1 is 0.500 bits per heavy atom. The Labute approximate surface area is 348 Å². The van der Waals surface area contributed by atoms with Crippen LogP contribution in [0.1, 0.15) is 258 Å². The van der Waals surface area contributed by atoms with E-state index in [-0.39, 0.29) is 24.9 Å². The van der Waals surface area contributed by atoms with Crippen molar-refractivity contribution in [2.24, 2.45) is 0 Å². The van der Waals surface area contributed by atoms with E-state index in [0.717, 1.165) is 64.2 Å². The molecule has 0 aromatic carbocycles. The number of carbonyl (C=O) groups excluding carboxylic acids is 2. The van der Waals surface area contributed by atoms with Crippen molar-refractivity contribution in [3.05, 3.63) is 24.3 Å². The third-order valence-electron chi connectivity index (χ3n) is 11.3. The molecule has 0 aliphatic heterocycles. The number of rotatable bonds is 44. The van der Waals surface area contributed by atoms with Gasteiger partial charge in [-0.05, 0) is 70.6 Å². The molecule has 0 aliphatic rings. The highest BCUT2D eigenvalue weighted by Gasteiger charge is 2.24. The third-order valence-corrected chi connectivity index (χ3v) is 11.3. The second kappa shape index (κ2) is 44.4. The molecule has 0 radical (unpaired) electrons. The van der Waals surface area contributed by atoms with Crippen molar-refractivity contribution >= 4 is 11.9 Å². The average Bonchev–Trinajstić information content (AvgIpc) is 3.19. The Balaban J connectivity index is 4.48. The summed E-state index contributed by atoms with van der Waals surface area (Å²) in [7, 11) is 0. The Morgan fingerprint density at radius 3 is 1.36 bits per heavy atom. The molecular weight excluding hydrogens is 695 g/mol. The van der Waals surface area contributed by atoms with Crippen molar-refractivity contribution in [1.82, 2.24) is 5.32 Å². The van der Waals surface area contributed by atoms with Crippen LogP contribution in [0.15, 0.2) is 24.3 Å². The number of ether oxygens (including phenoxy) is 1. The molecule has 0 aromatic heterocycles. The molecule has 6 nitrogen and oxygen atoms in total. The molecule has 3 unspecified atom stereocenters. The fourth-order valence-corrected chi connectivity index (χ4v) is 7.46. The number of carbonyl (C=O) groups is 2. The zero-order valence-corrected chi connectivity index (χ0v) is 37.5. The fourth-order valence-electron chi connectivity index (χ4n) is 7.46. The lowest BCUT2D eigenvalue weighted by Gasteiger charge is -2.24. The van der Waals surface area contributed by atoms with Crippen LogP contribution in [-0.4, -0.2) is 46.9 Å². The molecule has 0 bridgehead atoms. The Hall–Kier alpha value is -1.66. The highest BCUT2D eigenvalue weighted by Crippen LogP contribution is 2.17. The summed E-state index contributed by atoms with van der Waals surface area (Å²) in [5.41, 5.74) is 0. The van der Waals surface area contributed by atoms with Gasteiger partial charge in [0.2, 0.25) is 5.91 Å². The van der Waals surface area contributed by atoms with Crippen molar-refractivity contribution < 1.29 is 24.5 Å². The first kappa shape index (κ1) is 54.3. The van der Waals surface area contributed by atoms with Gasteiger partial charge in [-0.3, -0.25) is 9.59 Å². The second-order valence-corrected chi connectivity index (χ2v) is 16.9. The predicted octanol–water partition coefficient (Wildman–Crippen LogP) is 14.3. The number of aliphatic hydroxyl groups is 2. The largest absolute Gasteiger partial charge is 0.462 e. The average molecular weight is 790 g/mol. The number of unbranched alkanes of at least 4 members (excludes halogenated alkanes) is 28. The summed E-state index contributed by atoms with van der Waals surface area (Å²) in [6.45, 7) is 6.42. The summed E-state index contributed by atoms with van der Waals surface area (Å²) in [5.74, 6) is -0.489. The van der Waals surface area contributed by atoms with E-state index in [1.54, 1.807) is 0 Å². The van der Waals surface area contributed by atoms with Crippen LogP contribution in [0, 0.1) is 0 Å². The van der Waals surface area contributed by atoms with Crippen molar-refractivity contribution in [2.75, 3.05) is 6.61 Å². The summed E-state index contributed by atoms with van der Waals surface area (Å²) in [4.78, 5) is 26.0. The molecule has 330 valence electrons. The highest BCUT2D eigenvalue weighted by molar-refractivity contribution is 5.77. The van der Waals surface area contributed by atoms with Gasteiger partial charge in [0.1, 0.15) is 6.10 Å². The summed E-state index contributed by atoms with van der Waals surface area (Å²) in [6, 6.07) is -0.701. The first-order chi connectivity index (χ1) is 27.5. The van der Waals surface area contributed by atoms with E-state index in [4.69, 9.17) is 4.74 Å². The maximum absolute atomic E-state index is 13.1. The van der Waals surface area contributed by atoms with Gasteiger partial charge in [0.25, 0.3) is 0 Å². The zero-order valence-electron chi connectivity index (χ0n) is 37.5. The van der Waals surface area contributed by atoms with Gasteiger partial charge in [-0.2, -0.15) is 0 Å². The molecule has 6 heteroatoms. The van der Waals surface area contributed by atoms with Crippen LogP contribution < -0.4 is 5.32 Å². The normalized spacial score (nSPS) is 13.4. The van der Waals surface area contributed by atoms with Gasteiger partial charge in [-0.1, -0.05) is 199 Å². The number of nitrogens with one attached hydrogen (secondary N) is 1. The third kappa shape index (κ3) is 39.2. The van der Waals surface area contributed by atoms with E-state index in [9.17, 15) is 19.8 Å². The summed E-state index contributed by atoms with van der Waals surface area (Å²) in [6.07, 6.45) is 49.5. The summed E-state index contributed by atoms with van der Waals surface area (Å²) in [5, 5.41) is 23.7. The Bertz CT molecular complexity index is 889. The van der Waals surface area contributed by atoms with Crippen molar-refractivity contribution in [2.45, 2.75) is 277 Å². The minimum Gasteiger partial charge on any atom is -0.462 e. The van der Waals surface area contributed by atoms with Gasteiger partial charge in [-0.25, -0.2) is 0 Å². The lowest BCUT2D eigenvalue weighted by Crippen LogP contribution is -2.46. The number of hydrogen-bond acceptors (Lipinski definition) is 5. The first-order valence-electron chi connectivity index (χ1n) is 24.6. The standard InChI is InChI=1S/C50H95NO5/c1-4-7-10-13-16-19-21-23-24-26-28-31-34-37-40-43-50(55)56-46(41-38-35-32-29-18-15-12-9-6-3)44-49(54)51-47(45-52)48(53)42-39-36-33-30-27-25-22-20-17-14-11-8-5-2/h15,18-19,21,46-48,52-53H,4-14,16-17,20,22-45H2,1-3H3,(H,51,54)/b18-15-,21-19-. The molecule has 56 heavy (non-hydrogen) atoms. The zero-order chi connectivity index (χ0) is 41.0. The lowest BCUT2D eigenvalue weighted by molar-refractivity contribution is -0.151. The van der Waals surface area contributed by atoms with Crippen LogP contribution in [0.3, 0.4) is 0 Å². The van der Waals surface area contributed by atoms with E-state index >= 15 is 0 Å². The molecular formula is C50H95NO5. The van der Waals surface area contributed by atoms with Gasteiger partial charge < -0.3 is 20.3 Å². The molecule has 3 atom stereocenters. The molecule has 0 heterocycles. The van der Waals surface area contributed by atoms with E-state index < -0.39 is 18.2 Å². The van der Waals surface area contributed by atoms with Crippen LogP contribution in [0.2, 0.25) is 0 Å². The van der Waals surface area contributed by atoms with Crippen LogP contribution in [0.25, 0.3) is 0 Å². The number of allylic oxidation sites excluding steroid dienone is 4. The number of amides is 1. The summed E-state index contributed by atoms with van der Waals surface area (Å²) >= 11 is 0. The van der Waals surface area contributed by atoms with E-state index in [1.165, 1.54) is 148 Å². The molecule has 3 N–H and O–H groups in total. The van der Waals surface area contributed by atoms with Gasteiger partial charge in [0.15, 0.2) is 0 Å². The van der Waals surface area contributed by atoms with Crippen LogP contribution >= 0.6 is 0 Å². The Morgan fingerprint density at radius 2 is 0.875 bits per heavy atom. The van der Waals surface area contributed by atoms with Crippen molar-refractivity contribution in [3.63, 3.8) is 0 Å². The van der Waals surface area contributed by atoms with Crippen LogP contribution in [0.5, 0.6) is 0 Å². The van der Waals surface area contributed by atoms with Gasteiger partial charge in [0.05, 0.1) is 25.2 Å². The van der Waals surface area contributed by atoms with Crippen molar-refractivity contribution in [3.8, 4) is 0 Å². The molecule has 0 saturated carbocycles.